The van der Waals surface area contributed by atoms with Gasteiger partial charge in [0.1, 0.15) is 0 Å². The first-order chi connectivity index (χ1) is 4.16. The zero-order valence-electron chi connectivity index (χ0n) is 6.85. The summed E-state index contributed by atoms with van der Waals surface area (Å²) in [6.45, 7) is 10.5. The molecule has 0 heteroatoms. The normalized spacial score (nSPS) is 13.8. The van der Waals surface area contributed by atoms with E-state index in [1.165, 1.54) is 12.8 Å². The van der Waals surface area contributed by atoms with Crippen molar-refractivity contribution < 1.29 is 0 Å². The largest absolute Gasteiger partial charge is 0.103 e. The van der Waals surface area contributed by atoms with Gasteiger partial charge in [-0.3, -0.25) is 0 Å². The summed E-state index contributed by atoms with van der Waals surface area (Å²) < 4.78 is 0. The Hall–Kier alpha value is -0.260. The molecule has 1 unspecified atom stereocenters. The Morgan fingerprint density at radius 3 is 2.11 bits per heavy atom. The standard InChI is InChI=1S/C9H18/c1-5-9(4)7-6-8(2)3/h5,8-9H,1,6-7H2,2-4H3. The second-order valence-electron chi connectivity index (χ2n) is 3.18. The fraction of sp³-hybridized carbons (Fsp3) is 0.778. The summed E-state index contributed by atoms with van der Waals surface area (Å²) in [4.78, 5) is 0. The van der Waals surface area contributed by atoms with E-state index in [1.54, 1.807) is 0 Å². The first-order valence-electron chi connectivity index (χ1n) is 3.79. The molecule has 0 fully saturated rings. The van der Waals surface area contributed by atoms with E-state index in [2.05, 4.69) is 27.4 Å². The molecule has 0 amide bonds. The zero-order valence-corrected chi connectivity index (χ0v) is 6.85. The van der Waals surface area contributed by atoms with Gasteiger partial charge in [-0.1, -0.05) is 33.3 Å². The summed E-state index contributed by atoms with van der Waals surface area (Å²) >= 11 is 0. The van der Waals surface area contributed by atoms with Crippen molar-refractivity contribution in [1.82, 2.24) is 0 Å². The smallest absolute Gasteiger partial charge is 0.0265 e. The third-order valence-corrected chi connectivity index (χ3v) is 1.60. The Balaban J connectivity index is 3.16. The molecule has 0 aliphatic rings. The summed E-state index contributed by atoms with van der Waals surface area (Å²) in [5.41, 5.74) is 0. The summed E-state index contributed by atoms with van der Waals surface area (Å²) in [5.74, 6) is 1.54. The van der Waals surface area contributed by atoms with Crippen molar-refractivity contribution in [2.24, 2.45) is 11.8 Å². The van der Waals surface area contributed by atoms with Gasteiger partial charge in [0.05, 0.1) is 0 Å². The summed E-state index contributed by atoms with van der Waals surface area (Å²) in [6, 6.07) is 0. The van der Waals surface area contributed by atoms with Gasteiger partial charge in [0.25, 0.3) is 0 Å². The van der Waals surface area contributed by atoms with Crippen molar-refractivity contribution in [3.8, 4) is 0 Å². The van der Waals surface area contributed by atoms with Crippen molar-refractivity contribution in [1.29, 1.82) is 0 Å². The molecular formula is C9H18. The van der Waals surface area contributed by atoms with E-state index in [1.807, 2.05) is 6.08 Å². The molecule has 0 aromatic heterocycles. The van der Waals surface area contributed by atoms with Crippen LogP contribution in [0.2, 0.25) is 0 Å². The Morgan fingerprint density at radius 1 is 1.22 bits per heavy atom. The Bertz CT molecular complexity index is 72.1. The molecular weight excluding hydrogens is 108 g/mol. The predicted octanol–water partition coefficient (Wildman–Crippen LogP) is 3.24. The topological polar surface area (TPSA) is 0 Å². The van der Waals surface area contributed by atoms with Gasteiger partial charge in [-0.25, -0.2) is 0 Å². The number of hydrogen-bond acceptors (Lipinski definition) is 0. The highest BCUT2D eigenvalue weighted by Gasteiger charge is 1.97. The third kappa shape index (κ3) is 5.61. The minimum atomic E-state index is 0.701. The average Bonchev–Trinajstić information content (AvgIpc) is 1.83. The van der Waals surface area contributed by atoms with Gasteiger partial charge < -0.3 is 0 Å². The van der Waals surface area contributed by atoms with E-state index < -0.39 is 0 Å². The van der Waals surface area contributed by atoms with Gasteiger partial charge in [0.15, 0.2) is 0 Å². The van der Waals surface area contributed by atoms with E-state index in [0.29, 0.717) is 5.92 Å². The van der Waals surface area contributed by atoms with Crippen LogP contribution in [0.4, 0.5) is 0 Å². The lowest BCUT2D eigenvalue weighted by Gasteiger charge is -2.06. The van der Waals surface area contributed by atoms with Crippen molar-refractivity contribution >= 4 is 0 Å². The highest BCUT2D eigenvalue weighted by Crippen LogP contribution is 2.11. The molecule has 0 aromatic rings. The van der Waals surface area contributed by atoms with Crippen molar-refractivity contribution in [3.05, 3.63) is 12.7 Å². The van der Waals surface area contributed by atoms with Crippen LogP contribution in [-0.4, -0.2) is 0 Å². The van der Waals surface area contributed by atoms with E-state index in [9.17, 15) is 0 Å². The molecule has 0 rings (SSSR count). The molecule has 0 heterocycles. The van der Waals surface area contributed by atoms with Crippen molar-refractivity contribution in [3.63, 3.8) is 0 Å². The van der Waals surface area contributed by atoms with Crippen LogP contribution in [0.5, 0.6) is 0 Å². The molecule has 0 saturated carbocycles. The molecule has 0 aromatic carbocycles. The maximum absolute atomic E-state index is 3.74. The summed E-state index contributed by atoms with van der Waals surface area (Å²) in [7, 11) is 0. The van der Waals surface area contributed by atoms with Gasteiger partial charge >= 0.3 is 0 Å². The number of hydrogen-bond donors (Lipinski definition) is 0. The van der Waals surface area contributed by atoms with Crippen molar-refractivity contribution in [2.75, 3.05) is 0 Å². The molecule has 0 N–H and O–H groups in total. The van der Waals surface area contributed by atoms with Crippen LogP contribution in [0.1, 0.15) is 33.6 Å². The predicted molar refractivity (Wildman–Crippen MR) is 43.4 cm³/mol. The van der Waals surface area contributed by atoms with E-state index >= 15 is 0 Å². The number of allylic oxidation sites excluding steroid dienone is 1. The lowest BCUT2D eigenvalue weighted by Crippen LogP contribution is -1.93. The van der Waals surface area contributed by atoms with E-state index in [0.717, 1.165) is 5.92 Å². The monoisotopic (exact) mass is 126 g/mol. The van der Waals surface area contributed by atoms with Crippen molar-refractivity contribution in [2.45, 2.75) is 33.6 Å². The van der Waals surface area contributed by atoms with Crippen LogP contribution in [0, 0.1) is 11.8 Å². The zero-order chi connectivity index (χ0) is 7.28. The van der Waals surface area contributed by atoms with Crippen LogP contribution in [-0.2, 0) is 0 Å². The number of rotatable bonds is 4. The quantitative estimate of drug-likeness (QED) is 0.507. The van der Waals surface area contributed by atoms with Crippen LogP contribution >= 0.6 is 0 Å². The van der Waals surface area contributed by atoms with Crippen LogP contribution < -0.4 is 0 Å². The van der Waals surface area contributed by atoms with Gasteiger partial charge in [-0.05, 0) is 18.3 Å². The summed E-state index contributed by atoms with van der Waals surface area (Å²) in [6.07, 6.45) is 4.65. The van der Waals surface area contributed by atoms with Gasteiger partial charge in [0.2, 0.25) is 0 Å². The van der Waals surface area contributed by atoms with E-state index in [-0.39, 0.29) is 0 Å². The summed E-state index contributed by atoms with van der Waals surface area (Å²) in [5, 5.41) is 0. The lowest BCUT2D eigenvalue weighted by molar-refractivity contribution is 0.502. The highest BCUT2D eigenvalue weighted by molar-refractivity contribution is 4.74. The van der Waals surface area contributed by atoms with Gasteiger partial charge in [-0.2, -0.15) is 0 Å². The molecule has 1 atom stereocenters. The molecule has 0 saturated heterocycles. The second kappa shape index (κ2) is 4.60. The minimum Gasteiger partial charge on any atom is -0.103 e. The lowest BCUT2D eigenvalue weighted by atomic mass is 10.00. The molecule has 9 heavy (non-hydrogen) atoms. The Labute approximate surface area is 59.0 Å². The first kappa shape index (κ1) is 8.74. The minimum absolute atomic E-state index is 0.701. The third-order valence-electron chi connectivity index (χ3n) is 1.60. The Kier molecular flexibility index (Phi) is 4.47. The van der Waals surface area contributed by atoms with Crippen LogP contribution in [0.25, 0.3) is 0 Å². The second-order valence-corrected chi connectivity index (χ2v) is 3.18. The maximum Gasteiger partial charge on any atom is -0.0265 e. The molecule has 0 aliphatic carbocycles. The fourth-order valence-corrected chi connectivity index (χ4v) is 0.714. The molecule has 0 bridgehead atoms. The maximum atomic E-state index is 3.74. The average molecular weight is 126 g/mol. The fourth-order valence-electron chi connectivity index (χ4n) is 0.714. The van der Waals surface area contributed by atoms with Crippen LogP contribution in [0.3, 0.4) is 0 Å². The molecule has 0 spiro atoms. The Morgan fingerprint density at radius 2 is 1.78 bits per heavy atom. The molecule has 54 valence electrons. The first-order valence-corrected chi connectivity index (χ1v) is 3.79. The van der Waals surface area contributed by atoms with E-state index in [4.69, 9.17) is 0 Å². The molecule has 0 nitrogen and oxygen atoms in total. The highest BCUT2D eigenvalue weighted by atomic mass is 14.0. The SMILES string of the molecule is C=CC(C)CCC(C)C. The molecule has 0 radical (unpaired) electrons. The molecule has 0 aliphatic heterocycles. The van der Waals surface area contributed by atoms with Gasteiger partial charge in [0, 0.05) is 0 Å². The van der Waals surface area contributed by atoms with Crippen LogP contribution in [0.15, 0.2) is 12.7 Å². The van der Waals surface area contributed by atoms with Gasteiger partial charge in [-0.15, -0.1) is 6.58 Å².